The Morgan fingerprint density at radius 2 is 2.07 bits per heavy atom. The van der Waals surface area contributed by atoms with Crippen molar-refractivity contribution >= 4 is 91.6 Å². The van der Waals surface area contributed by atoms with Crippen LogP contribution in [-0.4, -0.2) is 57.5 Å². The molecule has 1 fully saturated rings. The van der Waals surface area contributed by atoms with E-state index >= 15 is 0 Å². The highest BCUT2D eigenvalue weighted by Gasteiger charge is 2.54. The molecule has 2 aliphatic heterocycles. The summed E-state index contributed by atoms with van der Waals surface area (Å²) < 4.78 is 5.40. The summed E-state index contributed by atoms with van der Waals surface area (Å²) in [5.74, 6) is -2.87. The summed E-state index contributed by atoms with van der Waals surface area (Å²) in [7, 11) is 0. The lowest BCUT2D eigenvalue weighted by atomic mass is 10.0. The molecule has 1 unspecified atom stereocenters. The van der Waals surface area contributed by atoms with Crippen molar-refractivity contribution in [1.29, 1.82) is 0 Å². The van der Waals surface area contributed by atoms with Crippen LogP contribution >= 0.6 is 62.2 Å². The van der Waals surface area contributed by atoms with E-state index in [4.69, 9.17) is 27.9 Å². The number of nitrogens with one attached hydrogen (secondary N) is 1. The molecule has 0 saturated carbocycles. The second kappa shape index (κ2) is 9.31. The molecule has 1 aromatic heterocycles. The molecule has 0 aromatic carbocycles. The van der Waals surface area contributed by atoms with Crippen molar-refractivity contribution in [3.63, 3.8) is 0 Å². The molecule has 1 aromatic rings. The van der Waals surface area contributed by atoms with Gasteiger partial charge < -0.3 is 15.2 Å². The minimum atomic E-state index is -1.31. The van der Waals surface area contributed by atoms with Crippen LogP contribution in [0.25, 0.3) is 5.57 Å². The van der Waals surface area contributed by atoms with Crippen LogP contribution in [0.15, 0.2) is 31.7 Å². The Labute approximate surface area is 197 Å². The zero-order valence-corrected chi connectivity index (χ0v) is 19.8. The van der Waals surface area contributed by atoms with Gasteiger partial charge in [-0.1, -0.05) is 23.2 Å². The number of hydrogen-bond acceptors (Lipinski definition) is 7. The number of carboxylic acids is 1. The highest BCUT2D eigenvalue weighted by Crippen LogP contribution is 2.41. The minimum absolute atomic E-state index is 0.0191. The van der Waals surface area contributed by atoms with Gasteiger partial charge in [-0.3, -0.25) is 19.3 Å². The number of carboxylic acid groups (broad SMARTS) is 1. The first kappa shape index (κ1) is 23.1. The Morgan fingerprint density at radius 1 is 1.37 bits per heavy atom. The first-order chi connectivity index (χ1) is 14.1. The molecule has 0 radical (unpaired) electrons. The third-order valence-electron chi connectivity index (χ3n) is 4.22. The van der Waals surface area contributed by atoms with Crippen LogP contribution in [0.5, 0.6) is 0 Å². The quantitative estimate of drug-likeness (QED) is 0.315. The summed E-state index contributed by atoms with van der Waals surface area (Å²) in [6.45, 7) is 0.985. The van der Waals surface area contributed by atoms with Crippen molar-refractivity contribution in [1.82, 2.24) is 10.2 Å². The second-order valence-corrected chi connectivity index (χ2v) is 10.7. The van der Waals surface area contributed by atoms with Crippen molar-refractivity contribution in [2.24, 2.45) is 0 Å². The number of carbonyl (C=O) groups is 4. The average Bonchev–Trinajstić information content (AvgIpc) is 3.08. The first-order valence-corrected chi connectivity index (χ1v) is 11.7. The Bertz CT molecular complexity index is 1000. The normalized spacial score (nSPS) is 20.3. The summed E-state index contributed by atoms with van der Waals surface area (Å²) >= 11 is 17.6. The lowest BCUT2D eigenvalue weighted by molar-refractivity contribution is -0.150. The number of thioether (sulfide) groups is 1. The molecule has 3 heterocycles. The summed E-state index contributed by atoms with van der Waals surface area (Å²) in [5.41, 5.74) is 0.0966. The fraction of sp³-hybridized carbons (Fsp3) is 0.294. The van der Waals surface area contributed by atoms with Crippen LogP contribution in [0.4, 0.5) is 0 Å². The maximum absolute atomic E-state index is 12.8. The Hall–Kier alpha value is -1.53. The Balaban J connectivity index is 1.79. The van der Waals surface area contributed by atoms with Crippen LogP contribution in [0.3, 0.4) is 0 Å². The van der Waals surface area contributed by atoms with Gasteiger partial charge in [0.1, 0.15) is 28.2 Å². The molecule has 160 valence electrons. The summed E-state index contributed by atoms with van der Waals surface area (Å²) in [4.78, 5) is 49.8. The van der Waals surface area contributed by atoms with Crippen LogP contribution < -0.4 is 5.32 Å². The molecule has 0 aliphatic carbocycles. The van der Waals surface area contributed by atoms with Gasteiger partial charge in [0, 0.05) is 23.1 Å². The maximum Gasteiger partial charge on any atom is 0.352 e. The molecule has 3 rings (SSSR count). The molecular weight excluding hydrogens is 543 g/mol. The molecular formula is C17H13BrCl2N2O6S2. The molecule has 2 atom stereocenters. The standard InChI is InChI=1S/C17H13BrCl2N2O6S2/c1-6(23)28-4-7-5-29-16-11(15(25)22(16)12(7)17(26)27)21-14(24)10(13(19)20)8-2-3-9(18)30-8/h2-3,11,16H,4-5H2,1H3,(H,21,24)(H,26,27)/t11?,16-/m0/s1. The lowest BCUT2D eigenvalue weighted by Crippen LogP contribution is -2.70. The van der Waals surface area contributed by atoms with Crippen molar-refractivity contribution in [3.8, 4) is 0 Å². The van der Waals surface area contributed by atoms with Gasteiger partial charge in [0.15, 0.2) is 0 Å². The number of thiophene rings is 1. The van der Waals surface area contributed by atoms with Crippen LogP contribution in [0, 0.1) is 0 Å². The molecule has 2 amide bonds. The van der Waals surface area contributed by atoms with Gasteiger partial charge in [0.2, 0.25) is 0 Å². The highest BCUT2D eigenvalue weighted by molar-refractivity contribution is 9.11. The number of ether oxygens (including phenoxy) is 1. The smallest absolute Gasteiger partial charge is 0.352 e. The van der Waals surface area contributed by atoms with Crippen molar-refractivity contribution in [3.05, 3.63) is 36.6 Å². The average molecular weight is 556 g/mol. The fourth-order valence-corrected chi connectivity index (χ4v) is 6.18. The lowest BCUT2D eigenvalue weighted by Gasteiger charge is -2.49. The summed E-state index contributed by atoms with van der Waals surface area (Å²) in [6, 6.07) is 2.44. The predicted octanol–water partition coefficient (Wildman–Crippen LogP) is 2.96. The number of halogens is 3. The van der Waals surface area contributed by atoms with E-state index in [0.717, 1.165) is 8.69 Å². The predicted molar refractivity (Wildman–Crippen MR) is 117 cm³/mol. The van der Waals surface area contributed by atoms with Crippen molar-refractivity contribution in [2.75, 3.05) is 12.4 Å². The van der Waals surface area contributed by atoms with E-state index in [-0.39, 0.29) is 28.1 Å². The van der Waals surface area contributed by atoms with Gasteiger partial charge in [-0.25, -0.2) is 4.79 Å². The van der Waals surface area contributed by atoms with E-state index in [1.807, 2.05) is 0 Å². The SMILES string of the molecule is CC(=O)OCC1=C(C(=O)O)N2C(=O)C(NC(=O)C(=C(Cl)Cl)c3ccc(Br)s3)[C@@H]2SC1. The number of nitrogens with zero attached hydrogens (tertiary/aromatic N) is 1. The van der Waals surface area contributed by atoms with Crippen LogP contribution in [0.1, 0.15) is 11.8 Å². The van der Waals surface area contributed by atoms with E-state index in [1.54, 1.807) is 12.1 Å². The van der Waals surface area contributed by atoms with Crippen LogP contribution in [-0.2, 0) is 23.9 Å². The highest BCUT2D eigenvalue weighted by atomic mass is 79.9. The van der Waals surface area contributed by atoms with Gasteiger partial charge in [0.25, 0.3) is 11.8 Å². The van der Waals surface area contributed by atoms with Gasteiger partial charge in [-0.15, -0.1) is 23.1 Å². The number of aliphatic carboxylic acids is 1. The van der Waals surface area contributed by atoms with Gasteiger partial charge in [-0.05, 0) is 28.1 Å². The third-order valence-corrected chi connectivity index (χ3v) is 7.58. The van der Waals surface area contributed by atoms with Gasteiger partial charge in [0.05, 0.1) is 9.36 Å². The number of carbonyl (C=O) groups excluding carboxylic acids is 3. The molecule has 0 bridgehead atoms. The number of fused-ring (bicyclic) bond motifs is 1. The van der Waals surface area contributed by atoms with E-state index < -0.39 is 35.2 Å². The minimum Gasteiger partial charge on any atom is -0.477 e. The Kier molecular flexibility index (Phi) is 7.18. The number of β-lactam (4-membered cyclic amide) rings is 1. The molecule has 0 spiro atoms. The summed E-state index contributed by atoms with van der Waals surface area (Å²) in [6.07, 6.45) is 0. The topological polar surface area (TPSA) is 113 Å². The largest absolute Gasteiger partial charge is 0.477 e. The second-order valence-electron chi connectivity index (χ2n) is 6.14. The maximum atomic E-state index is 12.8. The molecule has 13 heteroatoms. The third kappa shape index (κ3) is 4.54. The number of amides is 2. The van der Waals surface area contributed by atoms with Crippen molar-refractivity contribution in [2.45, 2.75) is 18.3 Å². The van der Waals surface area contributed by atoms with E-state index in [1.165, 1.54) is 30.0 Å². The van der Waals surface area contributed by atoms with E-state index in [2.05, 4.69) is 21.2 Å². The van der Waals surface area contributed by atoms with Crippen molar-refractivity contribution < 1.29 is 29.0 Å². The monoisotopic (exact) mass is 554 g/mol. The van der Waals surface area contributed by atoms with Crippen LogP contribution in [0.2, 0.25) is 0 Å². The molecule has 8 nitrogen and oxygen atoms in total. The van der Waals surface area contributed by atoms with E-state index in [9.17, 15) is 24.3 Å². The van der Waals surface area contributed by atoms with E-state index in [0.29, 0.717) is 10.5 Å². The zero-order valence-electron chi connectivity index (χ0n) is 15.1. The molecule has 1 saturated heterocycles. The molecule has 2 aliphatic rings. The number of esters is 1. The molecule has 2 N–H and O–H groups in total. The first-order valence-electron chi connectivity index (χ1n) is 8.27. The summed E-state index contributed by atoms with van der Waals surface area (Å²) in [5, 5.41) is 11.5. The Morgan fingerprint density at radius 3 is 2.60 bits per heavy atom. The number of hydrogen-bond donors (Lipinski definition) is 2. The number of rotatable bonds is 6. The fourth-order valence-electron chi connectivity index (χ4n) is 2.94. The zero-order chi connectivity index (χ0) is 22.2. The molecule has 30 heavy (non-hydrogen) atoms. The van der Waals surface area contributed by atoms with Gasteiger partial charge in [-0.2, -0.15) is 0 Å². The van der Waals surface area contributed by atoms with Gasteiger partial charge >= 0.3 is 11.9 Å².